The molecule has 1 heterocycles. The molecule has 0 unspecified atom stereocenters. The second kappa shape index (κ2) is 6.40. The second-order valence-electron chi connectivity index (χ2n) is 5.46. The summed E-state index contributed by atoms with van der Waals surface area (Å²) in [4.78, 5) is 14.4. The maximum atomic E-state index is 12.0. The van der Waals surface area contributed by atoms with Gasteiger partial charge in [0.2, 0.25) is 5.91 Å². The Morgan fingerprint density at radius 3 is 2.74 bits per heavy atom. The van der Waals surface area contributed by atoms with Crippen molar-refractivity contribution in [2.45, 2.75) is 26.2 Å². The number of benzene rings is 1. The molecular weight excluding hydrogens is 260 g/mol. The third-order valence-corrected chi connectivity index (χ3v) is 4.01. The van der Waals surface area contributed by atoms with Crippen LogP contribution in [0, 0.1) is 12.8 Å². The summed E-state index contributed by atoms with van der Waals surface area (Å²) in [7, 11) is 2.13. The lowest BCUT2D eigenvalue weighted by molar-refractivity contribution is -0.117. The predicted octanol–water partition coefficient (Wildman–Crippen LogP) is 3.32. The van der Waals surface area contributed by atoms with Crippen LogP contribution in [0.5, 0.6) is 0 Å². The fourth-order valence-electron chi connectivity index (χ4n) is 2.50. The molecule has 1 N–H and O–H groups in total. The number of piperidine rings is 1. The number of nitrogens with one attached hydrogen (secondary N) is 1. The smallest absolute Gasteiger partial charge is 0.224 e. The van der Waals surface area contributed by atoms with Crippen LogP contribution in [0.15, 0.2) is 18.2 Å². The molecule has 0 atom stereocenters. The van der Waals surface area contributed by atoms with Gasteiger partial charge in [-0.2, -0.15) is 0 Å². The fourth-order valence-corrected chi connectivity index (χ4v) is 2.72. The number of rotatable bonds is 3. The normalized spacial score (nSPS) is 17.4. The van der Waals surface area contributed by atoms with Crippen LogP contribution >= 0.6 is 11.6 Å². The summed E-state index contributed by atoms with van der Waals surface area (Å²) >= 11 is 5.91. The first-order valence-corrected chi connectivity index (χ1v) is 7.17. The zero-order chi connectivity index (χ0) is 13.8. The van der Waals surface area contributed by atoms with Crippen molar-refractivity contribution in [2.24, 2.45) is 5.92 Å². The Balaban J connectivity index is 1.87. The molecule has 0 spiro atoms. The molecule has 0 saturated carbocycles. The molecule has 104 valence electrons. The average molecular weight is 281 g/mol. The third kappa shape index (κ3) is 4.22. The van der Waals surface area contributed by atoms with Gasteiger partial charge in [-0.3, -0.25) is 4.79 Å². The number of hydrogen-bond donors (Lipinski definition) is 1. The second-order valence-corrected chi connectivity index (χ2v) is 5.89. The maximum Gasteiger partial charge on any atom is 0.224 e. The SMILES string of the molecule is Cc1cc(Cl)ccc1NC(=O)CC1CCN(C)CC1. The lowest BCUT2D eigenvalue weighted by Gasteiger charge is -2.28. The fraction of sp³-hybridized carbons (Fsp3) is 0.533. The molecule has 1 aromatic carbocycles. The number of nitrogens with zero attached hydrogens (tertiary/aromatic N) is 1. The molecule has 3 nitrogen and oxygen atoms in total. The molecule has 1 fully saturated rings. The van der Waals surface area contributed by atoms with Crippen LogP contribution < -0.4 is 5.32 Å². The molecule has 0 aromatic heterocycles. The summed E-state index contributed by atoms with van der Waals surface area (Å²) in [5.41, 5.74) is 1.87. The Bertz CT molecular complexity index is 453. The molecule has 0 bridgehead atoms. The Kier molecular flexibility index (Phi) is 4.83. The average Bonchev–Trinajstić information content (AvgIpc) is 2.36. The van der Waals surface area contributed by atoms with Crippen LogP contribution in [0.1, 0.15) is 24.8 Å². The molecule has 2 rings (SSSR count). The van der Waals surface area contributed by atoms with E-state index in [4.69, 9.17) is 11.6 Å². The number of likely N-dealkylation sites (tertiary alicyclic amines) is 1. The van der Waals surface area contributed by atoms with Crippen LogP contribution in [0.3, 0.4) is 0 Å². The molecule has 1 saturated heterocycles. The number of aryl methyl sites for hydroxylation is 1. The lowest BCUT2D eigenvalue weighted by Crippen LogP contribution is -2.32. The van der Waals surface area contributed by atoms with Crippen LogP contribution in [0.25, 0.3) is 0 Å². The van der Waals surface area contributed by atoms with Crippen LogP contribution in [0.2, 0.25) is 5.02 Å². The van der Waals surface area contributed by atoms with Crippen molar-refractivity contribution in [1.29, 1.82) is 0 Å². The first-order valence-electron chi connectivity index (χ1n) is 6.79. The topological polar surface area (TPSA) is 32.3 Å². The minimum atomic E-state index is 0.111. The van der Waals surface area contributed by atoms with E-state index >= 15 is 0 Å². The highest BCUT2D eigenvalue weighted by Crippen LogP contribution is 2.22. The first kappa shape index (κ1) is 14.4. The van der Waals surface area contributed by atoms with E-state index in [2.05, 4.69) is 17.3 Å². The highest BCUT2D eigenvalue weighted by Gasteiger charge is 2.19. The quantitative estimate of drug-likeness (QED) is 0.921. The van der Waals surface area contributed by atoms with Crippen molar-refractivity contribution in [2.75, 3.05) is 25.5 Å². The maximum absolute atomic E-state index is 12.0. The minimum Gasteiger partial charge on any atom is -0.326 e. The van der Waals surface area contributed by atoms with Gasteiger partial charge in [0.15, 0.2) is 0 Å². The number of hydrogen-bond acceptors (Lipinski definition) is 2. The van der Waals surface area contributed by atoms with Gasteiger partial charge in [-0.1, -0.05) is 11.6 Å². The summed E-state index contributed by atoms with van der Waals surface area (Å²) in [5.74, 6) is 0.629. The molecule has 1 amide bonds. The van der Waals surface area contributed by atoms with Crippen molar-refractivity contribution in [1.82, 2.24) is 4.90 Å². The van der Waals surface area contributed by atoms with Crippen molar-refractivity contribution in [3.63, 3.8) is 0 Å². The highest BCUT2D eigenvalue weighted by atomic mass is 35.5. The summed E-state index contributed by atoms with van der Waals surface area (Å²) in [5, 5.41) is 3.68. The number of halogens is 1. The van der Waals surface area contributed by atoms with Crippen molar-refractivity contribution in [3.05, 3.63) is 28.8 Å². The predicted molar refractivity (Wildman–Crippen MR) is 79.7 cm³/mol. The van der Waals surface area contributed by atoms with E-state index < -0.39 is 0 Å². The van der Waals surface area contributed by atoms with E-state index in [9.17, 15) is 4.79 Å². The molecular formula is C15H21ClN2O. The molecule has 1 aliphatic rings. The standard InChI is InChI=1S/C15H21ClN2O/c1-11-9-13(16)3-4-14(11)17-15(19)10-12-5-7-18(2)8-6-12/h3-4,9,12H,5-8,10H2,1-2H3,(H,17,19). The van der Waals surface area contributed by atoms with E-state index in [0.29, 0.717) is 17.4 Å². The van der Waals surface area contributed by atoms with E-state index in [0.717, 1.165) is 37.2 Å². The van der Waals surface area contributed by atoms with Gasteiger partial charge in [0.1, 0.15) is 0 Å². The summed E-state index contributed by atoms with van der Waals surface area (Å²) in [6, 6.07) is 5.54. The molecule has 1 aliphatic heterocycles. The van der Waals surface area contributed by atoms with Crippen molar-refractivity contribution < 1.29 is 4.79 Å². The Morgan fingerprint density at radius 1 is 1.42 bits per heavy atom. The molecule has 0 radical (unpaired) electrons. The molecule has 1 aromatic rings. The van der Waals surface area contributed by atoms with Gasteiger partial charge in [-0.05, 0) is 69.6 Å². The molecule has 19 heavy (non-hydrogen) atoms. The van der Waals surface area contributed by atoms with Crippen LogP contribution in [0.4, 0.5) is 5.69 Å². The van der Waals surface area contributed by atoms with Crippen molar-refractivity contribution >= 4 is 23.2 Å². The third-order valence-electron chi connectivity index (χ3n) is 3.77. The van der Waals surface area contributed by atoms with Gasteiger partial charge >= 0.3 is 0 Å². The minimum absolute atomic E-state index is 0.111. The van der Waals surface area contributed by atoms with Crippen LogP contribution in [-0.2, 0) is 4.79 Å². The van der Waals surface area contributed by atoms with Gasteiger partial charge < -0.3 is 10.2 Å². The van der Waals surface area contributed by atoms with E-state index in [1.807, 2.05) is 19.1 Å². The number of carbonyl (C=O) groups excluding carboxylic acids is 1. The van der Waals surface area contributed by atoms with Gasteiger partial charge in [0.05, 0.1) is 0 Å². The zero-order valence-electron chi connectivity index (χ0n) is 11.6. The summed E-state index contributed by atoms with van der Waals surface area (Å²) < 4.78 is 0. The van der Waals surface area contributed by atoms with Crippen LogP contribution in [-0.4, -0.2) is 30.9 Å². The summed E-state index contributed by atoms with van der Waals surface area (Å²) in [6.07, 6.45) is 2.85. The monoisotopic (exact) mass is 280 g/mol. The zero-order valence-corrected chi connectivity index (χ0v) is 12.3. The Hall–Kier alpha value is -1.06. The van der Waals surface area contributed by atoms with Gasteiger partial charge in [0, 0.05) is 17.1 Å². The Labute approximate surface area is 119 Å². The Morgan fingerprint density at radius 2 is 2.11 bits per heavy atom. The molecule has 0 aliphatic carbocycles. The lowest BCUT2D eigenvalue weighted by atomic mass is 9.93. The summed E-state index contributed by atoms with van der Waals surface area (Å²) in [6.45, 7) is 4.15. The largest absolute Gasteiger partial charge is 0.326 e. The van der Waals surface area contributed by atoms with Gasteiger partial charge in [-0.25, -0.2) is 0 Å². The number of anilines is 1. The number of amides is 1. The molecule has 4 heteroatoms. The first-order chi connectivity index (χ1) is 9.04. The van der Waals surface area contributed by atoms with E-state index in [-0.39, 0.29) is 5.91 Å². The van der Waals surface area contributed by atoms with Gasteiger partial charge in [0.25, 0.3) is 0 Å². The van der Waals surface area contributed by atoms with E-state index in [1.165, 1.54) is 0 Å². The van der Waals surface area contributed by atoms with E-state index in [1.54, 1.807) is 6.07 Å². The van der Waals surface area contributed by atoms with Gasteiger partial charge in [-0.15, -0.1) is 0 Å². The number of carbonyl (C=O) groups is 1. The van der Waals surface area contributed by atoms with Crippen molar-refractivity contribution in [3.8, 4) is 0 Å². The highest BCUT2D eigenvalue weighted by molar-refractivity contribution is 6.30.